The minimum absolute atomic E-state index is 0.349. The van der Waals surface area contributed by atoms with Crippen LogP contribution in [0.1, 0.15) is 6.42 Å². The molecule has 6 nitrogen and oxygen atoms in total. The molecular formula is C12H9N5O. The first-order valence-electron chi connectivity index (χ1n) is 5.38. The summed E-state index contributed by atoms with van der Waals surface area (Å²) in [4.78, 5) is 28.0. The Labute approximate surface area is 102 Å². The second-order valence-electron chi connectivity index (χ2n) is 3.88. The molecule has 0 aliphatic carbocycles. The molecule has 1 aromatic rings. The van der Waals surface area contributed by atoms with Gasteiger partial charge in [-0.3, -0.25) is 9.79 Å². The first kappa shape index (κ1) is 10.5. The summed E-state index contributed by atoms with van der Waals surface area (Å²) >= 11 is 0. The summed E-state index contributed by atoms with van der Waals surface area (Å²) in [5.74, 6) is -0.00548. The highest BCUT2D eigenvalue weighted by Gasteiger charge is 2.19. The molecule has 2 aliphatic rings. The van der Waals surface area contributed by atoms with Crippen LogP contribution in [0.5, 0.6) is 0 Å². The van der Waals surface area contributed by atoms with Gasteiger partial charge >= 0.3 is 0 Å². The molecule has 0 atom stereocenters. The van der Waals surface area contributed by atoms with E-state index in [1.54, 1.807) is 12.4 Å². The monoisotopic (exact) mass is 239 g/mol. The molecule has 2 aliphatic heterocycles. The minimum atomic E-state index is -0.486. The molecule has 0 spiro atoms. The van der Waals surface area contributed by atoms with Gasteiger partial charge in [0.05, 0.1) is 5.71 Å². The molecule has 18 heavy (non-hydrogen) atoms. The molecular weight excluding hydrogens is 230 g/mol. The zero-order valence-electron chi connectivity index (χ0n) is 9.37. The van der Waals surface area contributed by atoms with Crippen molar-refractivity contribution in [3.8, 4) is 0 Å². The summed E-state index contributed by atoms with van der Waals surface area (Å²) in [6.07, 6.45) is 5.12. The molecule has 0 bridgehead atoms. The van der Waals surface area contributed by atoms with E-state index in [0.717, 1.165) is 5.22 Å². The van der Waals surface area contributed by atoms with E-state index in [-0.39, 0.29) is 0 Å². The van der Waals surface area contributed by atoms with Gasteiger partial charge in [0.1, 0.15) is 0 Å². The maximum atomic E-state index is 11.1. The van der Waals surface area contributed by atoms with Crippen LogP contribution in [0.4, 0.5) is 0 Å². The Morgan fingerprint density at radius 1 is 1.28 bits per heavy atom. The van der Waals surface area contributed by atoms with E-state index in [2.05, 4.69) is 20.0 Å². The predicted octanol–water partition coefficient (Wildman–Crippen LogP) is -0.935. The van der Waals surface area contributed by atoms with Crippen LogP contribution in [0.15, 0.2) is 45.1 Å². The van der Waals surface area contributed by atoms with Crippen molar-refractivity contribution in [2.45, 2.75) is 6.42 Å². The Morgan fingerprint density at radius 3 is 3.00 bits per heavy atom. The molecule has 3 heterocycles. The average Bonchev–Trinajstić information content (AvgIpc) is 2.56. The Balaban J connectivity index is 2.17. The Bertz CT molecular complexity index is 742. The zero-order chi connectivity index (χ0) is 12.5. The molecule has 1 amide bonds. The van der Waals surface area contributed by atoms with Crippen molar-refractivity contribution < 1.29 is 4.79 Å². The summed E-state index contributed by atoms with van der Waals surface area (Å²) in [6, 6.07) is 3.69. The van der Waals surface area contributed by atoms with Gasteiger partial charge in [-0.25, -0.2) is 15.0 Å². The van der Waals surface area contributed by atoms with E-state index in [9.17, 15) is 4.79 Å². The molecule has 0 saturated carbocycles. The number of primary amides is 1. The predicted molar refractivity (Wildman–Crippen MR) is 66.2 cm³/mol. The number of rotatable bonds is 1. The number of hydrogen-bond donors (Lipinski definition) is 1. The third kappa shape index (κ3) is 1.73. The maximum Gasteiger partial charge on any atom is 0.246 e. The van der Waals surface area contributed by atoms with Gasteiger partial charge in [-0.1, -0.05) is 0 Å². The van der Waals surface area contributed by atoms with Crippen molar-refractivity contribution in [2.75, 3.05) is 0 Å². The number of amidine groups is 1. The number of pyridine rings is 1. The molecule has 2 N–H and O–H groups in total. The summed E-state index contributed by atoms with van der Waals surface area (Å²) in [5.41, 5.74) is 6.86. The van der Waals surface area contributed by atoms with E-state index >= 15 is 0 Å². The van der Waals surface area contributed by atoms with Crippen LogP contribution in [-0.4, -0.2) is 22.4 Å². The quantitative estimate of drug-likeness (QED) is 0.685. The molecule has 0 radical (unpaired) electrons. The highest BCUT2D eigenvalue weighted by Crippen LogP contribution is 2.11. The lowest BCUT2D eigenvalue weighted by Gasteiger charge is -2.09. The third-order valence-electron chi connectivity index (χ3n) is 2.66. The van der Waals surface area contributed by atoms with Crippen LogP contribution in [0, 0.1) is 0 Å². The first-order valence-corrected chi connectivity index (χ1v) is 5.38. The van der Waals surface area contributed by atoms with Crippen LogP contribution < -0.4 is 16.4 Å². The van der Waals surface area contributed by atoms with E-state index in [4.69, 9.17) is 5.73 Å². The van der Waals surface area contributed by atoms with Crippen molar-refractivity contribution in [3.05, 3.63) is 40.8 Å². The minimum Gasteiger partial charge on any atom is -0.366 e. The maximum absolute atomic E-state index is 11.1. The van der Waals surface area contributed by atoms with Gasteiger partial charge in [-0.15, -0.1) is 0 Å². The Hall–Kier alpha value is -2.63. The van der Waals surface area contributed by atoms with Gasteiger partial charge in [0, 0.05) is 35.8 Å². The van der Waals surface area contributed by atoms with Crippen LogP contribution in [-0.2, 0) is 4.79 Å². The van der Waals surface area contributed by atoms with Gasteiger partial charge in [-0.05, 0) is 12.1 Å². The third-order valence-corrected chi connectivity index (χ3v) is 2.66. The second-order valence-corrected chi connectivity index (χ2v) is 3.88. The second kappa shape index (κ2) is 3.99. The standard InChI is InChI=1S/C12H9N5O/c13-10(18)8-4-9-12(16-6-8)17-11-7(5-15-9)2-1-3-14-11/h1-3,5-6H,4H2,(H2,13,18). The molecule has 3 rings (SSSR count). The number of hydrogen-bond acceptors (Lipinski definition) is 5. The molecule has 1 aromatic heterocycles. The lowest BCUT2D eigenvalue weighted by atomic mass is 10.1. The van der Waals surface area contributed by atoms with Gasteiger partial charge in [0.2, 0.25) is 5.91 Å². The van der Waals surface area contributed by atoms with E-state index in [0.29, 0.717) is 29.0 Å². The van der Waals surface area contributed by atoms with Gasteiger partial charge < -0.3 is 5.73 Å². The number of carbonyl (C=O) groups is 1. The van der Waals surface area contributed by atoms with Gasteiger partial charge in [0.15, 0.2) is 11.3 Å². The number of aliphatic imine (C=N–C) groups is 2. The number of fused-ring (bicyclic) bond motifs is 2. The summed E-state index contributed by atoms with van der Waals surface area (Å²) in [6.45, 7) is 0. The van der Waals surface area contributed by atoms with Crippen molar-refractivity contribution in [1.29, 1.82) is 0 Å². The number of aromatic nitrogens is 1. The van der Waals surface area contributed by atoms with Crippen molar-refractivity contribution >= 4 is 23.7 Å². The van der Waals surface area contributed by atoms with Gasteiger partial charge in [0.25, 0.3) is 0 Å². The highest BCUT2D eigenvalue weighted by molar-refractivity contribution is 6.44. The average molecular weight is 239 g/mol. The van der Waals surface area contributed by atoms with E-state index in [1.807, 2.05) is 12.1 Å². The normalized spacial score (nSPS) is 16.8. The van der Waals surface area contributed by atoms with Crippen LogP contribution in [0.3, 0.4) is 0 Å². The smallest absolute Gasteiger partial charge is 0.246 e. The van der Waals surface area contributed by atoms with E-state index < -0.39 is 5.91 Å². The largest absolute Gasteiger partial charge is 0.366 e. The van der Waals surface area contributed by atoms with Crippen LogP contribution in [0.2, 0.25) is 0 Å². The lowest BCUT2D eigenvalue weighted by Crippen LogP contribution is -2.29. The van der Waals surface area contributed by atoms with Crippen molar-refractivity contribution in [2.24, 2.45) is 20.7 Å². The number of nitrogens with two attached hydrogens (primary N) is 1. The topological polar surface area (TPSA) is 93.1 Å². The van der Waals surface area contributed by atoms with Crippen molar-refractivity contribution in [3.63, 3.8) is 0 Å². The SMILES string of the molecule is NC(=O)C1=CN=C2N=c3ncccc3=CN=C2C1. The fourth-order valence-electron chi connectivity index (χ4n) is 1.72. The highest BCUT2D eigenvalue weighted by atomic mass is 16.1. The Morgan fingerprint density at radius 2 is 2.17 bits per heavy atom. The number of amides is 1. The molecule has 88 valence electrons. The summed E-state index contributed by atoms with van der Waals surface area (Å²) in [7, 11) is 0. The molecule has 0 aromatic carbocycles. The molecule has 6 heteroatoms. The summed E-state index contributed by atoms with van der Waals surface area (Å²) in [5, 5.41) is 0.822. The zero-order valence-corrected chi connectivity index (χ0v) is 9.37. The van der Waals surface area contributed by atoms with Crippen molar-refractivity contribution in [1.82, 2.24) is 4.98 Å². The summed E-state index contributed by atoms with van der Waals surface area (Å²) < 4.78 is 0. The fraction of sp³-hybridized carbons (Fsp3) is 0.0833. The molecule has 0 fully saturated rings. The Kier molecular flexibility index (Phi) is 2.33. The van der Waals surface area contributed by atoms with Gasteiger partial charge in [-0.2, -0.15) is 0 Å². The number of nitrogens with zero attached hydrogens (tertiary/aromatic N) is 4. The first-order chi connectivity index (χ1) is 8.74. The fourth-order valence-corrected chi connectivity index (χ4v) is 1.72. The van der Waals surface area contributed by atoms with E-state index in [1.165, 1.54) is 6.20 Å². The lowest BCUT2D eigenvalue weighted by molar-refractivity contribution is -0.114. The molecule has 0 saturated heterocycles. The number of carbonyl (C=O) groups excluding carboxylic acids is 1. The van der Waals surface area contributed by atoms with Crippen LogP contribution in [0.25, 0.3) is 6.20 Å². The molecule has 0 unspecified atom stereocenters. The van der Waals surface area contributed by atoms with Crippen LogP contribution >= 0.6 is 0 Å².